The lowest BCUT2D eigenvalue weighted by atomic mass is 10.2. The van der Waals surface area contributed by atoms with Crippen LogP contribution in [0.2, 0.25) is 0 Å². The smallest absolute Gasteiger partial charge is 0.0716 e. The highest BCUT2D eigenvalue weighted by molar-refractivity contribution is 7.94. The molecule has 0 aromatic carbocycles. The fraction of sp³-hybridized carbons (Fsp3) is 0.250. The molecule has 2 rings (SSSR count). The molecule has 0 amide bonds. The van der Waals surface area contributed by atoms with Crippen molar-refractivity contribution in [2.24, 2.45) is 0 Å². The molecule has 0 spiro atoms. The van der Waals surface area contributed by atoms with Crippen LogP contribution < -0.4 is 0 Å². The predicted molar refractivity (Wildman–Crippen MR) is 43.1 cm³/mol. The Morgan fingerprint density at radius 1 is 0.900 bits per heavy atom. The lowest BCUT2D eigenvalue weighted by Gasteiger charge is -1.82. The van der Waals surface area contributed by atoms with Gasteiger partial charge in [0.1, 0.15) is 0 Å². The Hall–Kier alpha value is -0.630. The van der Waals surface area contributed by atoms with Gasteiger partial charge in [0.05, 0.1) is 10.5 Å². The van der Waals surface area contributed by atoms with Crippen molar-refractivity contribution in [3.8, 4) is 0 Å². The highest BCUT2D eigenvalue weighted by Crippen LogP contribution is 2.30. The van der Waals surface area contributed by atoms with Gasteiger partial charge in [-0.05, 0) is 0 Å². The van der Waals surface area contributed by atoms with Crippen LogP contribution in [0.15, 0.2) is 36.5 Å². The molecule has 0 N–H and O–H groups in total. The Kier molecular flexibility index (Phi) is 1.34. The van der Waals surface area contributed by atoms with Gasteiger partial charge in [0, 0.05) is 10.8 Å². The van der Waals surface area contributed by atoms with Crippen LogP contribution in [0, 0.1) is 0 Å². The summed E-state index contributed by atoms with van der Waals surface area (Å²) in [5.41, 5.74) is 0. The molecule has 52 valence electrons. The summed E-state index contributed by atoms with van der Waals surface area (Å²) in [6, 6.07) is 0. The molecule has 1 aliphatic heterocycles. The van der Waals surface area contributed by atoms with Crippen LogP contribution in [0.1, 0.15) is 0 Å². The van der Waals surface area contributed by atoms with Crippen molar-refractivity contribution in [2.45, 2.75) is 10.5 Å². The summed E-state index contributed by atoms with van der Waals surface area (Å²) in [6.07, 6.45) is 11.9. The Labute approximate surface area is 62.6 Å². The highest BCUT2D eigenvalue weighted by Gasteiger charge is 2.43. The van der Waals surface area contributed by atoms with Crippen molar-refractivity contribution in [3.05, 3.63) is 36.5 Å². The molecule has 0 saturated carbocycles. The molecule has 1 fully saturated rings. The molecule has 1 saturated heterocycles. The van der Waals surface area contributed by atoms with Crippen LogP contribution in [-0.4, -0.2) is 14.7 Å². The molecule has 1 aliphatic carbocycles. The number of hydrogen-bond donors (Lipinski definition) is 0. The molecule has 1 nitrogen and oxygen atoms in total. The monoisotopic (exact) mass is 152 g/mol. The predicted octanol–water partition coefficient (Wildman–Crippen LogP) is 1.17. The maximum atomic E-state index is 11.0. The van der Waals surface area contributed by atoms with E-state index in [1.807, 2.05) is 36.5 Å². The van der Waals surface area contributed by atoms with E-state index in [4.69, 9.17) is 0 Å². The van der Waals surface area contributed by atoms with Gasteiger partial charge < -0.3 is 0 Å². The summed E-state index contributed by atoms with van der Waals surface area (Å²) in [4.78, 5) is 0. The first-order valence-electron chi connectivity index (χ1n) is 3.30. The lowest BCUT2D eigenvalue weighted by molar-refractivity contribution is 0.693. The normalized spacial score (nSPS) is 51.8. The molecular weight excluding hydrogens is 144 g/mol. The summed E-state index contributed by atoms with van der Waals surface area (Å²) in [6.45, 7) is 0. The van der Waals surface area contributed by atoms with Gasteiger partial charge in [-0.1, -0.05) is 36.5 Å². The molecule has 10 heavy (non-hydrogen) atoms. The zero-order valence-corrected chi connectivity index (χ0v) is 6.25. The summed E-state index contributed by atoms with van der Waals surface area (Å²) in [7, 11) is -0.610. The highest BCUT2D eigenvalue weighted by atomic mass is 32.2. The molecule has 2 unspecified atom stereocenters. The first kappa shape index (κ1) is 6.10. The van der Waals surface area contributed by atoms with Crippen molar-refractivity contribution in [2.75, 3.05) is 0 Å². The topological polar surface area (TPSA) is 17.1 Å². The van der Waals surface area contributed by atoms with Gasteiger partial charge in [-0.25, -0.2) is 0 Å². The van der Waals surface area contributed by atoms with Gasteiger partial charge in [-0.15, -0.1) is 0 Å². The second kappa shape index (κ2) is 2.20. The van der Waals surface area contributed by atoms with E-state index in [1.165, 1.54) is 0 Å². The van der Waals surface area contributed by atoms with Crippen molar-refractivity contribution < 1.29 is 4.21 Å². The number of hydrogen-bond acceptors (Lipinski definition) is 1. The van der Waals surface area contributed by atoms with Gasteiger partial charge in [0.25, 0.3) is 0 Å². The molecule has 2 heteroatoms. The maximum Gasteiger partial charge on any atom is 0.0716 e. The van der Waals surface area contributed by atoms with Crippen LogP contribution in [0.25, 0.3) is 0 Å². The minimum atomic E-state index is -0.610. The van der Waals surface area contributed by atoms with Crippen LogP contribution in [0.4, 0.5) is 0 Å². The van der Waals surface area contributed by atoms with Crippen molar-refractivity contribution in [3.63, 3.8) is 0 Å². The third kappa shape index (κ3) is 0.886. The molecule has 0 aromatic rings. The summed E-state index contributed by atoms with van der Waals surface area (Å²) < 4.78 is 11.0. The van der Waals surface area contributed by atoms with E-state index in [0.29, 0.717) is 10.5 Å². The summed E-state index contributed by atoms with van der Waals surface area (Å²) >= 11 is 0. The van der Waals surface area contributed by atoms with Crippen LogP contribution in [0.5, 0.6) is 0 Å². The van der Waals surface area contributed by atoms with E-state index in [9.17, 15) is 4.21 Å². The van der Waals surface area contributed by atoms with Crippen LogP contribution in [0.3, 0.4) is 0 Å². The molecule has 1 heterocycles. The Balaban J connectivity index is 2.27. The standard InChI is InChI=1S/C8H8OS/c9-10-7-5-3-1-2-4-6-8(7)10/h1-8H/b2-1-,5-3-,6-4-. The van der Waals surface area contributed by atoms with Gasteiger partial charge in [0.2, 0.25) is 0 Å². The average molecular weight is 152 g/mol. The molecular formula is C8H8OS. The maximum absolute atomic E-state index is 11.0. The van der Waals surface area contributed by atoms with Crippen LogP contribution in [-0.2, 0) is 10.8 Å². The molecule has 2 atom stereocenters. The van der Waals surface area contributed by atoms with Crippen LogP contribution >= 0.6 is 0 Å². The molecule has 2 aliphatic rings. The first-order valence-corrected chi connectivity index (χ1v) is 4.58. The largest absolute Gasteiger partial charge is 0.258 e. The quantitative estimate of drug-likeness (QED) is 0.476. The molecule has 0 radical (unpaired) electrons. The van der Waals surface area contributed by atoms with Crippen molar-refractivity contribution >= 4 is 10.8 Å². The van der Waals surface area contributed by atoms with Crippen molar-refractivity contribution in [1.29, 1.82) is 0 Å². The van der Waals surface area contributed by atoms with Gasteiger partial charge in [-0.2, -0.15) is 0 Å². The minimum Gasteiger partial charge on any atom is -0.258 e. The van der Waals surface area contributed by atoms with Gasteiger partial charge in [0.15, 0.2) is 0 Å². The zero-order chi connectivity index (χ0) is 6.97. The van der Waals surface area contributed by atoms with Gasteiger partial charge in [-0.3, -0.25) is 4.21 Å². The Morgan fingerprint density at radius 2 is 1.40 bits per heavy atom. The SMILES string of the molecule is O=S1C2\C=C/C=C\C=C/C21. The second-order valence-corrected chi connectivity index (χ2v) is 4.16. The van der Waals surface area contributed by atoms with E-state index in [0.717, 1.165) is 0 Å². The fourth-order valence-electron chi connectivity index (χ4n) is 1.07. The number of fused-ring (bicyclic) bond motifs is 1. The summed E-state index contributed by atoms with van der Waals surface area (Å²) in [5.74, 6) is 0. The summed E-state index contributed by atoms with van der Waals surface area (Å²) in [5, 5.41) is 0.613. The van der Waals surface area contributed by atoms with Crippen molar-refractivity contribution in [1.82, 2.24) is 0 Å². The molecule has 0 bridgehead atoms. The lowest BCUT2D eigenvalue weighted by Crippen LogP contribution is -1.84. The average Bonchev–Trinajstić information content (AvgIpc) is 2.39. The molecule has 0 aromatic heterocycles. The Bertz CT molecular complexity index is 226. The van der Waals surface area contributed by atoms with Gasteiger partial charge >= 0.3 is 0 Å². The third-order valence-corrected chi connectivity index (χ3v) is 3.38. The van der Waals surface area contributed by atoms with E-state index < -0.39 is 10.8 Å². The number of allylic oxidation sites excluding steroid dienone is 4. The zero-order valence-electron chi connectivity index (χ0n) is 5.44. The minimum absolute atomic E-state index is 0.307. The van der Waals surface area contributed by atoms with E-state index >= 15 is 0 Å². The fourth-order valence-corrected chi connectivity index (χ4v) is 2.33. The van der Waals surface area contributed by atoms with E-state index in [2.05, 4.69) is 0 Å². The third-order valence-electron chi connectivity index (χ3n) is 1.72. The van der Waals surface area contributed by atoms with E-state index in [1.54, 1.807) is 0 Å². The first-order chi connectivity index (χ1) is 4.89. The second-order valence-electron chi connectivity index (χ2n) is 2.41. The Morgan fingerprint density at radius 3 is 1.90 bits per heavy atom. The number of rotatable bonds is 0. The van der Waals surface area contributed by atoms with E-state index in [-0.39, 0.29) is 0 Å².